The van der Waals surface area contributed by atoms with Crippen LogP contribution < -0.4 is 21.5 Å². The van der Waals surface area contributed by atoms with E-state index in [-0.39, 0.29) is 35.2 Å². The Hall–Kier alpha value is -1.41. The minimum Gasteiger partial charge on any atom is -1.00 e. The number of carbonyl (C=O) groups is 2. The third-order valence-electron chi connectivity index (χ3n) is 5.06. The zero-order valence-electron chi connectivity index (χ0n) is 16.4. The number of hydrogen-bond donors (Lipinski definition) is 0. The summed E-state index contributed by atoms with van der Waals surface area (Å²) in [5, 5.41) is 0.619. The Labute approximate surface area is 200 Å². The number of hydrogen-bond acceptors (Lipinski definition) is 4. The van der Waals surface area contributed by atoms with Crippen LogP contribution in [0.2, 0.25) is 5.02 Å². The lowest BCUT2D eigenvalue weighted by atomic mass is 10.1. The molecule has 0 saturated carbocycles. The average molecular weight is 526 g/mol. The molecule has 3 aromatic rings. The number of Topliss-reactive ketones (excluding diaryl/α,β-unsaturated/α-hetero) is 1. The molecule has 8 heteroatoms. The van der Waals surface area contributed by atoms with Crippen molar-refractivity contribution in [2.45, 2.75) is 36.6 Å². The summed E-state index contributed by atoms with van der Waals surface area (Å²) in [6, 6.07) is 15.1. The molecule has 1 saturated heterocycles. The van der Waals surface area contributed by atoms with Gasteiger partial charge in [-0.25, -0.2) is 0 Å². The van der Waals surface area contributed by atoms with Crippen molar-refractivity contribution in [2.24, 2.45) is 0 Å². The van der Waals surface area contributed by atoms with E-state index < -0.39 is 0 Å². The molecule has 1 aromatic heterocycles. The minimum absolute atomic E-state index is 0. The maximum atomic E-state index is 12.9. The van der Waals surface area contributed by atoms with Gasteiger partial charge in [-0.2, -0.15) is 4.57 Å². The number of para-hydroxylation sites is 1. The summed E-state index contributed by atoms with van der Waals surface area (Å²) in [6.45, 7) is 1.09. The molecule has 0 unspecified atom stereocenters. The standard InChI is InChI=1S/C22H22ClN2O2S2.BrH/c23-17-11-9-16(10-12-17)19(26)14-25-18-6-3-4-7-20(18)29-22(25)28-15-24-13-5-1-2-8-21(24)27;/h3-4,6-7,9-12H,1-2,5,8,13-15H2;1H/q+1;/p-1. The molecule has 4 rings (SSSR count). The van der Waals surface area contributed by atoms with Crippen LogP contribution in [0.15, 0.2) is 52.9 Å². The fraction of sp³-hybridized carbons (Fsp3) is 0.318. The lowest BCUT2D eigenvalue weighted by molar-refractivity contribution is -0.688. The number of fused-ring (bicyclic) bond motifs is 1. The topological polar surface area (TPSA) is 41.3 Å². The lowest BCUT2D eigenvalue weighted by Crippen LogP contribution is -3.00. The Kier molecular flexibility index (Phi) is 8.34. The quantitative estimate of drug-likeness (QED) is 0.281. The summed E-state index contributed by atoms with van der Waals surface area (Å²) in [5.41, 5.74) is 1.69. The number of thioether (sulfide) groups is 1. The van der Waals surface area contributed by atoms with Gasteiger partial charge in [0.25, 0.3) is 0 Å². The van der Waals surface area contributed by atoms with Gasteiger partial charge in [0.2, 0.25) is 23.8 Å². The molecular formula is C22H22BrClN2O2S2. The maximum absolute atomic E-state index is 12.9. The summed E-state index contributed by atoms with van der Waals surface area (Å²) in [5.74, 6) is 0.906. The summed E-state index contributed by atoms with van der Waals surface area (Å²) in [6.07, 6.45) is 3.81. The third kappa shape index (κ3) is 5.44. The second-order valence-electron chi connectivity index (χ2n) is 7.09. The Morgan fingerprint density at radius 1 is 1.10 bits per heavy atom. The molecule has 30 heavy (non-hydrogen) atoms. The first-order chi connectivity index (χ1) is 14.1. The van der Waals surface area contributed by atoms with Gasteiger partial charge in [0, 0.05) is 29.6 Å². The third-order valence-corrected chi connectivity index (χ3v) is 7.78. The van der Waals surface area contributed by atoms with Gasteiger partial charge < -0.3 is 21.9 Å². The first kappa shape index (κ1) is 23.3. The van der Waals surface area contributed by atoms with Gasteiger partial charge in [0.05, 0.1) is 5.88 Å². The number of nitrogens with zero attached hydrogens (tertiary/aromatic N) is 2. The highest BCUT2D eigenvalue weighted by Crippen LogP contribution is 2.29. The van der Waals surface area contributed by atoms with Crippen molar-refractivity contribution in [2.75, 3.05) is 12.4 Å². The summed E-state index contributed by atoms with van der Waals surface area (Å²) >= 11 is 9.27. The van der Waals surface area contributed by atoms with Gasteiger partial charge in [-0.1, -0.05) is 41.5 Å². The predicted molar refractivity (Wildman–Crippen MR) is 119 cm³/mol. The Balaban J connectivity index is 0.00000256. The first-order valence-corrected chi connectivity index (χ1v) is 11.9. The van der Waals surface area contributed by atoms with E-state index in [9.17, 15) is 9.59 Å². The summed E-state index contributed by atoms with van der Waals surface area (Å²) in [4.78, 5) is 27.2. The monoisotopic (exact) mass is 524 g/mol. The number of rotatable bonds is 6. The van der Waals surface area contributed by atoms with Crippen molar-refractivity contribution in [1.82, 2.24) is 4.90 Å². The van der Waals surface area contributed by atoms with E-state index >= 15 is 0 Å². The molecule has 0 bridgehead atoms. The molecule has 1 aliphatic rings. The fourth-order valence-corrected chi connectivity index (χ4v) is 5.99. The van der Waals surface area contributed by atoms with Crippen LogP contribution in [0.3, 0.4) is 0 Å². The highest BCUT2D eigenvalue weighted by atomic mass is 79.9. The van der Waals surface area contributed by atoms with E-state index in [0.29, 0.717) is 22.9 Å². The normalized spacial score (nSPS) is 14.4. The number of ketones is 1. The summed E-state index contributed by atoms with van der Waals surface area (Å²) < 4.78 is 4.26. The molecular weight excluding hydrogens is 504 g/mol. The minimum atomic E-state index is 0. The van der Waals surface area contributed by atoms with Crippen LogP contribution in [0.5, 0.6) is 0 Å². The van der Waals surface area contributed by atoms with Crippen molar-refractivity contribution in [3.8, 4) is 0 Å². The van der Waals surface area contributed by atoms with Gasteiger partial charge in [-0.3, -0.25) is 9.59 Å². The second-order valence-corrected chi connectivity index (χ2v) is 9.75. The van der Waals surface area contributed by atoms with Crippen molar-refractivity contribution in [3.63, 3.8) is 0 Å². The van der Waals surface area contributed by atoms with E-state index in [1.54, 1.807) is 47.4 Å². The Bertz CT molecular complexity index is 1040. The van der Waals surface area contributed by atoms with Crippen LogP contribution in [0.25, 0.3) is 10.2 Å². The number of benzene rings is 2. The molecule has 1 aliphatic heterocycles. The molecule has 0 N–H and O–H groups in total. The molecule has 2 heterocycles. The largest absolute Gasteiger partial charge is 1.00 e. The molecule has 0 radical (unpaired) electrons. The number of likely N-dealkylation sites (tertiary alicyclic amines) is 1. The molecule has 0 spiro atoms. The average Bonchev–Trinajstić information content (AvgIpc) is 2.93. The molecule has 1 amide bonds. The van der Waals surface area contributed by atoms with Crippen LogP contribution in [-0.4, -0.2) is 29.0 Å². The second kappa shape index (κ2) is 10.8. The van der Waals surface area contributed by atoms with Crippen LogP contribution in [0.4, 0.5) is 0 Å². The van der Waals surface area contributed by atoms with Crippen molar-refractivity contribution >= 4 is 56.6 Å². The molecule has 0 atom stereocenters. The van der Waals surface area contributed by atoms with Gasteiger partial charge in [0.1, 0.15) is 4.70 Å². The molecule has 2 aromatic carbocycles. The van der Waals surface area contributed by atoms with Crippen molar-refractivity contribution in [3.05, 3.63) is 59.1 Å². The molecule has 0 aliphatic carbocycles. The molecule has 4 nitrogen and oxygen atoms in total. The van der Waals surface area contributed by atoms with Gasteiger partial charge in [-0.15, -0.1) is 0 Å². The van der Waals surface area contributed by atoms with Gasteiger partial charge >= 0.3 is 4.34 Å². The van der Waals surface area contributed by atoms with E-state index in [4.69, 9.17) is 11.6 Å². The molecule has 1 fully saturated rings. The number of aromatic nitrogens is 1. The van der Waals surface area contributed by atoms with Crippen LogP contribution in [-0.2, 0) is 11.3 Å². The highest BCUT2D eigenvalue weighted by Gasteiger charge is 2.26. The summed E-state index contributed by atoms with van der Waals surface area (Å²) in [7, 11) is 0. The Morgan fingerprint density at radius 2 is 1.87 bits per heavy atom. The SMILES string of the molecule is O=C(C[n+]1c(SCN2CCCCCC2=O)sc2ccccc21)c1ccc(Cl)cc1.[Br-]. The zero-order chi connectivity index (χ0) is 20.2. The van der Waals surface area contributed by atoms with E-state index in [2.05, 4.69) is 10.6 Å². The van der Waals surface area contributed by atoms with Gasteiger partial charge in [-0.05, 0) is 54.9 Å². The van der Waals surface area contributed by atoms with E-state index in [0.717, 1.165) is 40.4 Å². The number of thiazole rings is 1. The number of carbonyl (C=O) groups excluding carboxylic acids is 2. The zero-order valence-corrected chi connectivity index (χ0v) is 20.3. The number of halogens is 2. The van der Waals surface area contributed by atoms with Crippen LogP contribution in [0.1, 0.15) is 36.0 Å². The number of amides is 1. The fourth-order valence-electron chi connectivity index (χ4n) is 3.45. The van der Waals surface area contributed by atoms with E-state index in [1.165, 1.54) is 0 Å². The van der Waals surface area contributed by atoms with Crippen molar-refractivity contribution < 1.29 is 31.1 Å². The van der Waals surface area contributed by atoms with Gasteiger partial charge in [0.15, 0.2) is 0 Å². The van der Waals surface area contributed by atoms with E-state index in [1.807, 2.05) is 23.1 Å². The van der Waals surface area contributed by atoms with Crippen LogP contribution in [0, 0.1) is 0 Å². The highest BCUT2D eigenvalue weighted by molar-refractivity contribution is 8.00. The van der Waals surface area contributed by atoms with Crippen molar-refractivity contribution in [1.29, 1.82) is 0 Å². The first-order valence-electron chi connectivity index (χ1n) is 9.72. The molecule has 158 valence electrons. The lowest BCUT2D eigenvalue weighted by Gasteiger charge is -2.18. The van der Waals surface area contributed by atoms with Crippen LogP contribution >= 0.6 is 34.7 Å². The Morgan fingerprint density at radius 3 is 2.67 bits per heavy atom. The predicted octanol–water partition coefficient (Wildman–Crippen LogP) is 2.18. The maximum Gasteiger partial charge on any atom is 0.300 e. The smallest absolute Gasteiger partial charge is 0.300 e.